The molecular weight excluding hydrogens is 254 g/mol. The van der Waals surface area contributed by atoms with Crippen molar-refractivity contribution in [3.05, 3.63) is 34.9 Å². The predicted octanol–water partition coefficient (Wildman–Crippen LogP) is 3.56. The van der Waals surface area contributed by atoms with E-state index in [1.807, 2.05) is 43.9 Å². The number of carbonyl (C=O) groups excluding carboxylic acids is 1. The molecule has 0 N–H and O–H groups in total. The van der Waals surface area contributed by atoms with Crippen molar-refractivity contribution in [1.82, 2.24) is 4.90 Å². The van der Waals surface area contributed by atoms with Gasteiger partial charge in [-0.3, -0.25) is 9.69 Å². The standard InChI is InChI=1S/C16H25NOS/c1-11-7-8-15(9-12(11)2)16(18)14(4)17(5)13(3)10-19-6/h7-9,13-14H,10H2,1-6H3. The predicted molar refractivity (Wildman–Crippen MR) is 85.3 cm³/mol. The Labute approximate surface area is 121 Å². The van der Waals surface area contributed by atoms with Gasteiger partial charge in [-0.05, 0) is 58.2 Å². The Kier molecular flexibility index (Phi) is 6.08. The third kappa shape index (κ3) is 4.08. The normalized spacial score (nSPS) is 14.5. The van der Waals surface area contributed by atoms with Crippen LogP contribution in [0.25, 0.3) is 0 Å². The van der Waals surface area contributed by atoms with Crippen molar-refractivity contribution in [2.24, 2.45) is 0 Å². The number of hydrogen-bond acceptors (Lipinski definition) is 3. The summed E-state index contributed by atoms with van der Waals surface area (Å²) < 4.78 is 0. The largest absolute Gasteiger partial charge is 0.293 e. The van der Waals surface area contributed by atoms with Crippen LogP contribution < -0.4 is 0 Å². The molecule has 2 nitrogen and oxygen atoms in total. The molecule has 0 fully saturated rings. The third-order valence-electron chi connectivity index (χ3n) is 3.88. The fourth-order valence-electron chi connectivity index (χ4n) is 2.06. The van der Waals surface area contributed by atoms with Crippen LogP contribution in [0, 0.1) is 13.8 Å². The monoisotopic (exact) mass is 279 g/mol. The maximum Gasteiger partial charge on any atom is 0.179 e. The fraction of sp³-hybridized carbons (Fsp3) is 0.562. The number of benzene rings is 1. The van der Waals surface area contributed by atoms with Crippen LogP contribution in [0.5, 0.6) is 0 Å². The molecule has 1 rings (SSSR count). The van der Waals surface area contributed by atoms with Gasteiger partial charge in [0.2, 0.25) is 0 Å². The number of aryl methyl sites for hydroxylation is 2. The Hall–Kier alpha value is -0.800. The summed E-state index contributed by atoms with van der Waals surface area (Å²) in [7, 11) is 2.03. The molecule has 0 aliphatic heterocycles. The number of likely N-dealkylation sites (N-methyl/N-ethyl adjacent to an activating group) is 1. The molecule has 0 saturated carbocycles. The van der Waals surface area contributed by atoms with Gasteiger partial charge in [0, 0.05) is 17.4 Å². The lowest BCUT2D eigenvalue weighted by atomic mass is 9.99. The van der Waals surface area contributed by atoms with Gasteiger partial charge in [-0.1, -0.05) is 12.1 Å². The summed E-state index contributed by atoms with van der Waals surface area (Å²) in [6, 6.07) is 6.29. The van der Waals surface area contributed by atoms with Crippen molar-refractivity contribution in [2.45, 2.75) is 39.8 Å². The number of nitrogens with zero attached hydrogens (tertiary/aromatic N) is 1. The second-order valence-corrected chi connectivity index (χ2v) is 6.22. The minimum atomic E-state index is -0.0794. The number of carbonyl (C=O) groups is 1. The van der Waals surface area contributed by atoms with Crippen molar-refractivity contribution in [1.29, 1.82) is 0 Å². The van der Waals surface area contributed by atoms with Crippen LogP contribution in [0.4, 0.5) is 0 Å². The van der Waals surface area contributed by atoms with E-state index in [0.717, 1.165) is 11.3 Å². The molecular formula is C16H25NOS. The molecule has 0 heterocycles. The zero-order valence-electron chi connectivity index (χ0n) is 12.9. The summed E-state index contributed by atoms with van der Waals surface area (Å²) >= 11 is 1.81. The van der Waals surface area contributed by atoms with Gasteiger partial charge in [-0.25, -0.2) is 0 Å². The highest BCUT2D eigenvalue weighted by atomic mass is 32.2. The summed E-state index contributed by atoms with van der Waals surface area (Å²) in [6.07, 6.45) is 2.10. The van der Waals surface area contributed by atoms with E-state index < -0.39 is 0 Å². The first-order valence-corrected chi connectivity index (χ1v) is 8.10. The number of thioether (sulfide) groups is 1. The molecule has 1 aromatic carbocycles. The van der Waals surface area contributed by atoms with Crippen LogP contribution in [0.1, 0.15) is 35.3 Å². The second kappa shape index (κ2) is 7.11. The topological polar surface area (TPSA) is 20.3 Å². The maximum atomic E-state index is 12.5. The van der Waals surface area contributed by atoms with Crippen molar-refractivity contribution >= 4 is 17.5 Å². The summed E-state index contributed by atoms with van der Waals surface area (Å²) in [5.74, 6) is 1.25. The highest BCUT2D eigenvalue weighted by molar-refractivity contribution is 7.98. The van der Waals surface area contributed by atoms with E-state index >= 15 is 0 Å². The molecule has 0 aliphatic rings. The van der Waals surface area contributed by atoms with Gasteiger partial charge >= 0.3 is 0 Å². The minimum Gasteiger partial charge on any atom is -0.293 e. The van der Waals surface area contributed by atoms with E-state index in [1.54, 1.807) is 0 Å². The molecule has 0 radical (unpaired) electrons. The number of rotatable bonds is 6. The SMILES string of the molecule is CSCC(C)N(C)C(C)C(=O)c1ccc(C)c(C)c1. The number of hydrogen-bond donors (Lipinski definition) is 0. The lowest BCUT2D eigenvalue weighted by molar-refractivity contribution is 0.0838. The van der Waals surface area contributed by atoms with Crippen molar-refractivity contribution < 1.29 is 4.79 Å². The smallest absolute Gasteiger partial charge is 0.179 e. The van der Waals surface area contributed by atoms with Crippen LogP contribution in [0.15, 0.2) is 18.2 Å². The molecule has 2 unspecified atom stereocenters. The summed E-state index contributed by atoms with van der Waals surface area (Å²) in [4.78, 5) is 14.7. The Morgan fingerprint density at radius 2 is 1.89 bits per heavy atom. The van der Waals surface area contributed by atoms with Gasteiger partial charge in [-0.15, -0.1) is 0 Å². The number of Topliss-reactive ketones (excluding diaryl/α,β-unsaturated/α-hetero) is 1. The molecule has 0 saturated heterocycles. The molecule has 0 aromatic heterocycles. The molecule has 3 heteroatoms. The van der Waals surface area contributed by atoms with Gasteiger partial charge in [-0.2, -0.15) is 11.8 Å². The molecule has 0 bridgehead atoms. The van der Waals surface area contributed by atoms with Crippen molar-refractivity contribution in [3.8, 4) is 0 Å². The molecule has 0 amide bonds. The van der Waals surface area contributed by atoms with E-state index in [9.17, 15) is 4.79 Å². The lowest BCUT2D eigenvalue weighted by Gasteiger charge is -2.29. The highest BCUT2D eigenvalue weighted by Gasteiger charge is 2.23. The zero-order chi connectivity index (χ0) is 14.6. The average molecular weight is 279 g/mol. The van der Waals surface area contributed by atoms with Gasteiger partial charge in [0.15, 0.2) is 5.78 Å². The Bertz CT molecular complexity index is 444. The lowest BCUT2D eigenvalue weighted by Crippen LogP contribution is -2.42. The van der Waals surface area contributed by atoms with Crippen LogP contribution >= 0.6 is 11.8 Å². The number of ketones is 1. The summed E-state index contributed by atoms with van der Waals surface area (Å²) in [5, 5.41) is 0. The van der Waals surface area contributed by atoms with Crippen LogP contribution in [0.3, 0.4) is 0 Å². The third-order valence-corrected chi connectivity index (χ3v) is 4.70. The second-order valence-electron chi connectivity index (χ2n) is 5.31. The molecule has 2 atom stereocenters. The van der Waals surface area contributed by atoms with Crippen molar-refractivity contribution in [2.75, 3.05) is 19.1 Å². The van der Waals surface area contributed by atoms with E-state index in [0.29, 0.717) is 6.04 Å². The molecule has 19 heavy (non-hydrogen) atoms. The van der Waals surface area contributed by atoms with Crippen LogP contribution in [0.2, 0.25) is 0 Å². The summed E-state index contributed by atoms with van der Waals surface area (Å²) in [6.45, 7) is 8.28. The van der Waals surface area contributed by atoms with E-state index in [4.69, 9.17) is 0 Å². The Balaban J connectivity index is 2.84. The first-order chi connectivity index (χ1) is 8.88. The minimum absolute atomic E-state index is 0.0794. The summed E-state index contributed by atoms with van der Waals surface area (Å²) in [5.41, 5.74) is 3.23. The molecule has 1 aromatic rings. The quantitative estimate of drug-likeness (QED) is 0.743. The van der Waals surface area contributed by atoms with Gasteiger partial charge in [0.25, 0.3) is 0 Å². The molecule has 0 aliphatic carbocycles. The first-order valence-electron chi connectivity index (χ1n) is 6.70. The van der Waals surface area contributed by atoms with E-state index in [1.165, 1.54) is 11.1 Å². The maximum absolute atomic E-state index is 12.5. The Morgan fingerprint density at radius 1 is 1.26 bits per heavy atom. The fourth-order valence-corrected chi connectivity index (χ4v) is 2.78. The van der Waals surface area contributed by atoms with Gasteiger partial charge in [0.05, 0.1) is 6.04 Å². The van der Waals surface area contributed by atoms with E-state index in [-0.39, 0.29) is 11.8 Å². The van der Waals surface area contributed by atoms with Gasteiger partial charge in [0.1, 0.15) is 0 Å². The Morgan fingerprint density at radius 3 is 2.42 bits per heavy atom. The highest BCUT2D eigenvalue weighted by Crippen LogP contribution is 2.15. The van der Waals surface area contributed by atoms with Crippen LogP contribution in [-0.4, -0.2) is 41.8 Å². The van der Waals surface area contributed by atoms with Crippen molar-refractivity contribution in [3.63, 3.8) is 0 Å². The average Bonchev–Trinajstić information content (AvgIpc) is 2.39. The first kappa shape index (κ1) is 16.3. The molecule has 0 spiro atoms. The van der Waals surface area contributed by atoms with Crippen LogP contribution in [-0.2, 0) is 0 Å². The van der Waals surface area contributed by atoms with E-state index in [2.05, 4.69) is 31.9 Å². The van der Waals surface area contributed by atoms with Gasteiger partial charge < -0.3 is 0 Å². The molecule has 106 valence electrons. The zero-order valence-corrected chi connectivity index (χ0v) is 13.7.